The molecule has 0 fully saturated rings. The van der Waals surface area contributed by atoms with Gasteiger partial charge in [-0.15, -0.1) is 0 Å². The zero-order chi connectivity index (χ0) is 7.98. The third-order valence-corrected chi connectivity index (χ3v) is 0.888. The van der Waals surface area contributed by atoms with Gasteiger partial charge >= 0.3 is 0 Å². The molecule has 1 aliphatic heterocycles. The fraction of sp³-hybridized carbons (Fsp3) is 0.857. The van der Waals surface area contributed by atoms with Crippen LogP contribution in [0.1, 0.15) is 27.7 Å². The molecule has 1 rings (SSSR count). The van der Waals surface area contributed by atoms with Crippen molar-refractivity contribution in [1.82, 2.24) is 0 Å². The van der Waals surface area contributed by atoms with E-state index in [-0.39, 0.29) is 6.10 Å². The van der Waals surface area contributed by atoms with Crippen molar-refractivity contribution in [3.05, 3.63) is 0 Å². The molecule has 0 aromatic carbocycles. The molecule has 0 aromatic rings. The van der Waals surface area contributed by atoms with Crippen LogP contribution in [-0.2, 0) is 9.57 Å². The van der Waals surface area contributed by atoms with E-state index in [0.717, 1.165) is 0 Å². The first-order valence-corrected chi connectivity index (χ1v) is 3.62. The zero-order valence-corrected chi connectivity index (χ0v) is 7.05. The topological polar surface area (TPSA) is 30.8 Å². The number of rotatable bonds is 0. The van der Waals surface area contributed by atoms with E-state index in [4.69, 9.17) is 9.57 Å². The van der Waals surface area contributed by atoms with Crippen molar-refractivity contribution in [3.63, 3.8) is 0 Å². The van der Waals surface area contributed by atoms with E-state index in [1.165, 1.54) is 0 Å². The lowest BCUT2D eigenvalue weighted by Crippen LogP contribution is -2.21. The first kappa shape index (κ1) is 9.27. The minimum absolute atomic E-state index is 0.110. The summed E-state index contributed by atoms with van der Waals surface area (Å²) in [6.45, 7) is 8.30. The van der Waals surface area contributed by atoms with Crippen molar-refractivity contribution in [1.29, 1.82) is 0 Å². The van der Waals surface area contributed by atoms with Gasteiger partial charge in [-0.2, -0.15) is 0 Å². The minimum Gasteiger partial charge on any atom is -0.475 e. The van der Waals surface area contributed by atoms with Crippen molar-refractivity contribution in [3.8, 4) is 0 Å². The van der Waals surface area contributed by atoms with E-state index in [1.54, 1.807) is 6.92 Å². The fourth-order valence-corrected chi connectivity index (χ4v) is 0.459. The Morgan fingerprint density at radius 3 is 2.40 bits per heavy atom. The lowest BCUT2D eigenvalue weighted by atomic mass is 10.4. The van der Waals surface area contributed by atoms with Gasteiger partial charge in [-0.3, -0.25) is 0 Å². The molecule has 0 N–H and O–H groups in total. The second-order valence-corrected chi connectivity index (χ2v) is 1.84. The number of oxime groups is 1. The highest BCUT2D eigenvalue weighted by Crippen LogP contribution is 2.00. The second kappa shape index (κ2) is 5.09. The van der Waals surface area contributed by atoms with Gasteiger partial charge in [-0.25, -0.2) is 0 Å². The van der Waals surface area contributed by atoms with E-state index in [0.29, 0.717) is 12.5 Å². The number of hydrogen-bond acceptors (Lipinski definition) is 3. The van der Waals surface area contributed by atoms with Gasteiger partial charge in [0.1, 0.15) is 6.61 Å². The van der Waals surface area contributed by atoms with Crippen molar-refractivity contribution in [2.45, 2.75) is 33.8 Å². The Morgan fingerprint density at radius 2 is 2.10 bits per heavy atom. The van der Waals surface area contributed by atoms with Crippen LogP contribution in [0.5, 0.6) is 0 Å². The average Bonchev–Trinajstić information content (AvgIpc) is 2.00. The van der Waals surface area contributed by atoms with Crippen LogP contribution in [0.2, 0.25) is 0 Å². The van der Waals surface area contributed by atoms with E-state index in [1.807, 2.05) is 20.8 Å². The quantitative estimate of drug-likeness (QED) is 0.520. The molecule has 3 nitrogen and oxygen atoms in total. The van der Waals surface area contributed by atoms with Crippen LogP contribution in [0.15, 0.2) is 5.16 Å². The predicted molar refractivity (Wildman–Crippen MR) is 41.0 cm³/mol. The van der Waals surface area contributed by atoms with Crippen LogP contribution in [0.4, 0.5) is 0 Å². The molecule has 0 saturated carbocycles. The van der Waals surface area contributed by atoms with Crippen LogP contribution in [0, 0.1) is 0 Å². The van der Waals surface area contributed by atoms with E-state index in [2.05, 4.69) is 5.16 Å². The lowest BCUT2D eigenvalue weighted by Gasteiger charge is -2.15. The van der Waals surface area contributed by atoms with Crippen LogP contribution in [0.25, 0.3) is 0 Å². The van der Waals surface area contributed by atoms with E-state index in [9.17, 15) is 0 Å². The molecule has 0 aliphatic carbocycles. The molecular weight excluding hydrogens is 130 g/mol. The third kappa shape index (κ3) is 3.33. The SMILES string of the molecule is CC.CC1=NOC(C)CO1. The maximum Gasteiger partial charge on any atom is 0.222 e. The first-order chi connectivity index (χ1) is 4.79. The van der Waals surface area contributed by atoms with Crippen molar-refractivity contribution in [2.24, 2.45) is 5.16 Å². The summed E-state index contributed by atoms with van der Waals surface area (Å²) in [4.78, 5) is 4.85. The highest BCUT2D eigenvalue weighted by atomic mass is 16.7. The molecule has 1 aliphatic rings. The minimum atomic E-state index is 0.110. The predicted octanol–water partition coefficient (Wildman–Crippen LogP) is 1.78. The van der Waals surface area contributed by atoms with Gasteiger partial charge in [-0.1, -0.05) is 19.0 Å². The summed E-state index contributed by atoms with van der Waals surface area (Å²) >= 11 is 0. The van der Waals surface area contributed by atoms with Gasteiger partial charge in [0, 0.05) is 6.92 Å². The Bertz CT molecular complexity index is 112. The Morgan fingerprint density at radius 1 is 1.50 bits per heavy atom. The maximum atomic E-state index is 5.02. The monoisotopic (exact) mass is 145 g/mol. The lowest BCUT2D eigenvalue weighted by molar-refractivity contribution is 0.000235. The Labute approximate surface area is 62.0 Å². The summed E-state index contributed by atoms with van der Waals surface area (Å²) in [5, 5.41) is 3.61. The molecule has 60 valence electrons. The molecule has 3 heteroatoms. The summed E-state index contributed by atoms with van der Waals surface area (Å²) in [6.07, 6.45) is 0.110. The molecule has 0 amide bonds. The molecule has 0 aromatic heterocycles. The second-order valence-electron chi connectivity index (χ2n) is 1.84. The van der Waals surface area contributed by atoms with Crippen LogP contribution in [-0.4, -0.2) is 18.6 Å². The van der Waals surface area contributed by atoms with Crippen molar-refractivity contribution >= 4 is 5.90 Å². The summed E-state index contributed by atoms with van der Waals surface area (Å²) < 4.78 is 5.02. The molecule has 1 unspecified atom stereocenters. The molecule has 0 saturated heterocycles. The molecule has 0 bridgehead atoms. The summed E-state index contributed by atoms with van der Waals surface area (Å²) in [6, 6.07) is 0. The van der Waals surface area contributed by atoms with Crippen LogP contribution < -0.4 is 0 Å². The van der Waals surface area contributed by atoms with Crippen molar-refractivity contribution < 1.29 is 9.57 Å². The smallest absolute Gasteiger partial charge is 0.222 e. The highest BCUT2D eigenvalue weighted by molar-refractivity contribution is 5.72. The Balaban J connectivity index is 0.000000371. The van der Waals surface area contributed by atoms with Gasteiger partial charge in [0.25, 0.3) is 0 Å². The number of nitrogens with zero attached hydrogens (tertiary/aromatic N) is 1. The average molecular weight is 145 g/mol. The van der Waals surface area contributed by atoms with Gasteiger partial charge in [0.05, 0.1) is 0 Å². The molecule has 1 heterocycles. The third-order valence-electron chi connectivity index (χ3n) is 0.888. The molecule has 0 radical (unpaired) electrons. The van der Waals surface area contributed by atoms with Crippen LogP contribution in [0.3, 0.4) is 0 Å². The van der Waals surface area contributed by atoms with Gasteiger partial charge < -0.3 is 9.57 Å². The number of hydrogen-bond donors (Lipinski definition) is 0. The van der Waals surface area contributed by atoms with E-state index >= 15 is 0 Å². The number of ether oxygens (including phenoxy) is 1. The first-order valence-electron chi connectivity index (χ1n) is 3.62. The molecule has 10 heavy (non-hydrogen) atoms. The molecular formula is C7H15NO2. The fourth-order valence-electron chi connectivity index (χ4n) is 0.459. The summed E-state index contributed by atoms with van der Waals surface area (Å²) in [7, 11) is 0. The van der Waals surface area contributed by atoms with Gasteiger partial charge in [-0.05, 0) is 6.92 Å². The Kier molecular flexibility index (Phi) is 4.72. The zero-order valence-electron chi connectivity index (χ0n) is 7.05. The largest absolute Gasteiger partial charge is 0.475 e. The highest BCUT2D eigenvalue weighted by Gasteiger charge is 2.08. The summed E-state index contributed by atoms with van der Waals surface area (Å²) in [5.41, 5.74) is 0. The maximum absolute atomic E-state index is 5.02. The van der Waals surface area contributed by atoms with Gasteiger partial charge in [0.2, 0.25) is 5.90 Å². The summed E-state index contributed by atoms with van der Waals surface area (Å²) in [5.74, 6) is 0.614. The van der Waals surface area contributed by atoms with Crippen molar-refractivity contribution in [2.75, 3.05) is 6.61 Å². The molecule has 1 atom stereocenters. The van der Waals surface area contributed by atoms with Crippen LogP contribution >= 0.6 is 0 Å². The Hall–Kier alpha value is -0.730. The molecule has 0 spiro atoms. The normalized spacial score (nSPS) is 22.8. The standard InChI is InChI=1S/C5H9NO2.C2H6/c1-4-3-7-5(2)6-8-4;1-2/h4H,3H2,1-2H3;1-2H3. The van der Waals surface area contributed by atoms with E-state index < -0.39 is 0 Å². The van der Waals surface area contributed by atoms with Gasteiger partial charge in [0.15, 0.2) is 6.10 Å².